The van der Waals surface area contributed by atoms with Gasteiger partial charge < -0.3 is 15.0 Å². The highest BCUT2D eigenvalue weighted by molar-refractivity contribution is 7.99. The molecule has 0 bridgehead atoms. The number of nitriles is 1. The molecule has 0 radical (unpaired) electrons. The molecule has 10 heteroatoms. The van der Waals surface area contributed by atoms with E-state index in [0.717, 1.165) is 40.9 Å². The molecule has 1 N–H and O–H groups in total. The number of aromatic nitrogens is 4. The summed E-state index contributed by atoms with van der Waals surface area (Å²) in [6.45, 7) is 5.89. The van der Waals surface area contributed by atoms with Gasteiger partial charge in [0, 0.05) is 25.2 Å². The van der Waals surface area contributed by atoms with Crippen molar-refractivity contribution in [2.24, 2.45) is 0 Å². The number of anilines is 1. The van der Waals surface area contributed by atoms with E-state index < -0.39 is 0 Å². The van der Waals surface area contributed by atoms with E-state index in [-0.39, 0.29) is 5.91 Å². The maximum atomic E-state index is 12.4. The SMILES string of the molecule is CCSc1nc(N2CCOCC2)c2cnn(CCNC(=O)c3ccc(C#N)cc3)c2n1. The Hall–Kier alpha value is -3.16. The van der Waals surface area contributed by atoms with Gasteiger partial charge in [-0.2, -0.15) is 10.4 Å². The van der Waals surface area contributed by atoms with Crippen LogP contribution >= 0.6 is 11.8 Å². The van der Waals surface area contributed by atoms with Gasteiger partial charge in [0.15, 0.2) is 10.8 Å². The van der Waals surface area contributed by atoms with Gasteiger partial charge in [-0.25, -0.2) is 14.6 Å². The highest BCUT2D eigenvalue weighted by atomic mass is 32.2. The number of carbonyl (C=O) groups is 1. The lowest BCUT2D eigenvalue weighted by atomic mass is 10.1. The number of benzene rings is 1. The van der Waals surface area contributed by atoms with Crippen molar-refractivity contribution in [3.05, 3.63) is 41.6 Å². The summed E-state index contributed by atoms with van der Waals surface area (Å²) >= 11 is 1.60. The van der Waals surface area contributed by atoms with Crippen molar-refractivity contribution in [2.75, 3.05) is 43.5 Å². The second-order valence-electron chi connectivity index (χ2n) is 6.91. The van der Waals surface area contributed by atoms with Crippen LogP contribution in [0.15, 0.2) is 35.6 Å². The molecule has 0 spiro atoms. The molecule has 1 saturated heterocycles. The van der Waals surface area contributed by atoms with Crippen molar-refractivity contribution >= 4 is 34.5 Å². The molecule has 3 heterocycles. The normalized spacial score (nSPS) is 13.9. The molecule has 1 aliphatic heterocycles. The number of fused-ring (bicyclic) bond motifs is 1. The molecule has 1 aliphatic rings. The van der Waals surface area contributed by atoms with Crippen LogP contribution in [-0.4, -0.2) is 64.3 Å². The zero-order chi connectivity index (χ0) is 21.6. The quantitative estimate of drug-likeness (QED) is 0.442. The van der Waals surface area contributed by atoms with E-state index in [4.69, 9.17) is 20.0 Å². The monoisotopic (exact) mass is 437 g/mol. The lowest BCUT2D eigenvalue weighted by Gasteiger charge is -2.28. The van der Waals surface area contributed by atoms with Crippen LogP contribution in [0, 0.1) is 11.3 Å². The van der Waals surface area contributed by atoms with Crippen LogP contribution in [0.5, 0.6) is 0 Å². The summed E-state index contributed by atoms with van der Waals surface area (Å²) in [7, 11) is 0. The van der Waals surface area contributed by atoms with Crippen LogP contribution in [-0.2, 0) is 11.3 Å². The van der Waals surface area contributed by atoms with Crippen LogP contribution in [0.25, 0.3) is 11.0 Å². The molecule has 4 rings (SSSR count). The fraction of sp³-hybridized carbons (Fsp3) is 0.381. The number of rotatable bonds is 7. The largest absolute Gasteiger partial charge is 0.378 e. The highest BCUT2D eigenvalue weighted by Crippen LogP contribution is 2.27. The van der Waals surface area contributed by atoms with Crippen LogP contribution in [0.1, 0.15) is 22.8 Å². The smallest absolute Gasteiger partial charge is 0.251 e. The summed E-state index contributed by atoms with van der Waals surface area (Å²) in [4.78, 5) is 24.1. The number of nitrogens with one attached hydrogen (secondary N) is 1. The molecule has 160 valence electrons. The third-order valence-electron chi connectivity index (χ3n) is 4.93. The fourth-order valence-electron chi connectivity index (χ4n) is 3.37. The van der Waals surface area contributed by atoms with E-state index >= 15 is 0 Å². The van der Waals surface area contributed by atoms with Gasteiger partial charge >= 0.3 is 0 Å². The summed E-state index contributed by atoms with van der Waals surface area (Å²) in [6, 6.07) is 8.60. The zero-order valence-corrected chi connectivity index (χ0v) is 18.1. The van der Waals surface area contributed by atoms with E-state index in [0.29, 0.717) is 37.4 Å². The van der Waals surface area contributed by atoms with Crippen molar-refractivity contribution in [3.8, 4) is 6.07 Å². The Balaban J connectivity index is 1.50. The molecule has 2 aromatic heterocycles. The van der Waals surface area contributed by atoms with Gasteiger partial charge in [0.2, 0.25) is 0 Å². The summed E-state index contributed by atoms with van der Waals surface area (Å²) in [6.07, 6.45) is 1.79. The third kappa shape index (κ3) is 4.78. The first-order chi connectivity index (χ1) is 15.2. The van der Waals surface area contributed by atoms with Gasteiger partial charge in [0.1, 0.15) is 5.82 Å². The predicted octanol–water partition coefficient (Wildman–Crippen LogP) is 2.08. The van der Waals surface area contributed by atoms with E-state index in [1.807, 2.05) is 6.07 Å². The maximum absolute atomic E-state index is 12.4. The number of amides is 1. The number of thioether (sulfide) groups is 1. The van der Waals surface area contributed by atoms with Crippen LogP contribution in [0.3, 0.4) is 0 Å². The van der Waals surface area contributed by atoms with Crippen LogP contribution < -0.4 is 10.2 Å². The van der Waals surface area contributed by atoms with E-state index in [2.05, 4.69) is 22.2 Å². The second-order valence-corrected chi connectivity index (χ2v) is 8.14. The average Bonchev–Trinajstić information content (AvgIpc) is 3.22. The molecule has 31 heavy (non-hydrogen) atoms. The molecule has 0 atom stereocenters. The first-order valence-electron chi connectivity index (χ1n) is 10.2. The highest BCUT2D eigenvalue weighted by Gasteiger charge is 2.20. The topological polar surface area (TPSA) is 109 Å². The molecule has 3 aromatic rings. The molecule has 0 unspecified atom stereocenters. The summed E-state index contributed by atoms with van der Waals surface area (Å²) in [5.41, 5.74) is 1.80. The zero-order valence-electron chi connectivity index (χ0n) is 17.2. The van der Waals surface area contributed by atoms with E-state index in [9.17, 15) is 4.79 Å². The molecular formula is C21H23N7O2S. The number of morpholine rings is 1. The molecule has 9 nitrogen and oxygen atoms in total. The lowest BCUT2D eigenvalue weighted by molar-refractivity contribution is 0.0952. The Labute approximate surface area is 184 Å². The van der Waals surface area contributed by atoms with Gasteiger partial charge in [-0.05, 0) is 30.0 Å². The third-order valence-corrected chi connectivity index (χ3v) is 5.65. The minimum Gasteiger partial charge on any atom is -0.378 e. The standard InChI is InChI=1S/C21H23N7O2S/c1-2-31-21-25-18(27-9-11-30-12-10-27)17-14-24-28(19(17)26-21)8-7-23-20(29)16-5-3-15(13-22)4-6-16/h3-6,14H,2,7-12H2,1H3,(H,23,29). The molecule has 1 fully saturated rings. The van der Waals surface area contributed by atoms with Crippen LogP contribution in [0.4, 0.5) is 5.82 Å². The Morgan fingerprint density at radius 2 is 2.03 bits per heavy atom. The van der Waals surface area contributed by atoms with Crippen molar-refractivity contribution in [2.45, 2.75) is 18.6 Å². The molecular weight excluding hydrogens is 414 g/mol. The first kappa shape index (κ1) is 21.1. The second kappa shape index (κ2) is 9.76. The van der Waals surface area contributed by atoms with E-state index in [1.165, 1.54) is 0 Å². The van der Waals surface area contributed by atoms with Crippen molar-refractivity contribution < 1.29 is 9.53 Å². The maximum Gasteiger partial charge on any atom is 0.251 e. The average molecular weight is 438 g/mol. The Morgan fingerprint density at radius 3 is 2.74 bits per heavy atom. The predicted molar refractivity (Wildman–Crippen MR) is 118 cm³/mol. The molecule has 0 saturated carbocycles. The number of hydrogen-bond acceptors (Lipinski definition) is 8. The molecule has 1 aromatic carbocycles. The van der Waals surface area contributed by atoms with Crippen molar-refractivity contribution in [1.82, 2.24) is 25.1 Å². The Kier molecular flexibility index (Phi) is 6.64. The van der Waals surface area contributed by atoms with Gasteiger partial charge in [-0.1, -0.05) is 18.7 Å². The Morgan fingerprint density at radius 1 is 1.26 bits per heavy atom. The Bertz CT molecular complexity index is 1100. The molecule has 1 amide bonds. The van der Waals surface area contributed by atoms with Crippen molar-refractivity contribution in [1.29, 1.82) is 5.26 Å². The van der Waals surface area contributed by atoms with Gasteiger partial charge in [0.25, 0.3) is 5.91 Å². The van der Waals surface area contributed by atoms with Gasteiger partial charge in [0.05, 0.1) is 43.0 Å². The summed E-state index contributed by atoms with van der Waals surface area (Å²) < 4.78 is 7.28. The summed E-state index contributed by atoms with van der Waals surface area (Å²) in [5, 5.41) is 17.9. The van der Waals surface area contributed by atoms with Crippen molar-refractivity contribution in [3.63, 3.8) is 0 Å². The number of ether oxygens (including phenoxy) is 1. The van der Waals surface area contributed by atoms with Gasteiger partial charge in [-0.3, -0.25) is 4.79 Å². The molecule has 0 aliphatic carbocycles. The van der Waals surface area contributed by atoms with Crippen LogP contribution in [0.2, 0.25) is 0 Å². The number of carbonyl (C=O) groups excluding carboxylic acids is 1. The lowest BCUT2D eigenvalue weighted by Crippen LogP contribution is -2.37. The number of hydrogen-bond donors (Lipinski definition) is 1. The fourth-order valence-corrected chi connectivity index (χ4v) is 3.93. The van der Waals surface area contributed by atoms with E-state index in [1.54, 1.807) is 46.9 Å². The minimum atomic E-state index is -0.188. The van der Waals surface area contributed by atoms with Gasteiger partial charge in [-0.15, -0.1) is 0 Å². The number of nitrogens with zero attached hydrogens (tertiary/aromatic N) is 6. The first-order valence-corrected chi connectivity index (χ1v) is 11.2. The summed E-state index contributed by atoms with van der Waals surface area (Å²) in [5.74, 6) is 1.58. The minimum absolute atomic E-state index is 0.188.